The van der Waals surface area contributed by atoms with Gasteiger partial charge in [-0.2, -0.15) is 5.26 Å². The molecule has 0 unspecified atom stereocenters. The molecule has 218 valence electrons. The maximum absolute atomic E-state index is 13.3. The molecule has 2 fully saturated rings. The molecule has 2 amide bonds. The van der Waals surface area contributed by atoms with Gasteiger partial charge >= 0.3 is 0 Å². The smallest absolute Gasteiger partial charge is 0.270 e. The first-order chi connectivity index (χ1) is 20.2. The van der Waals surface area contributed by atoms with Crippen LogP contribution in [0.2, 0.25) is 0 Å². The van der Waals surface area contributed by atoms with Crippen molar-refractivity contribution in [2.24, 2.45) is 5.92 Å². The molecule has 3 heterocycles. The molecule has 0 atom stereocenters. The topological polar surface area (TPSA) is 106 Å². The van der Waals surface area contributed by atoms with Crippen molar-refractivity contribution in [3.05, 3.63) is 88.8 Å². The maximum atomic E-state index is 13.3. The number of halogens is 2. The first kappa shape index (κ1) is 29.3. The van der Waals surface area contributed by atoms with E-state index >= 15 is 0 Å². The van der Waals surface area contributed by atoms with Crippen LogP contribution in [0.5, 0.6) is 0 Å². The third-order valence-corrected chi connectivity index (χ3v) is 8.19. The summed E-state index contributed by atoms with van der Waals surface area (Å²) in [6.45, 7) is 3.26. The monoisotopic (exact) mass is 573 g/mol. The van der Waals surface area contributed by atoms with Gasteiger partial charge in [0, 0.05) is 62.9 Å². The largest absolute Gasteiger partial charge is 0.348 e. The average molecular weight is 574 g/mol. The first-order valence-electron chi connectivity index (χ1n) is 14.3. The zero-order valence-electron chi connectivity index (χ0n) is 23.3. The normalized spacial score (nSPS) is 19.5. The molecule has 1 N–H and O–H groups in total. The van der Waals surface area contributed by atoms with Crippen LogP contribution in [-0.4, -0.2) is 70.5 Å². The lowest BCUT2D eigenvalue weighted by molar-refractivity contribution is -0.120. The van der Waals surface area contributed by atoms with E-state index in [1.807, 2.05) is 24.3 Å². The second-order valence-corrected chi connectivity index (χ2v) is 11.2. The van der Waals surface area contributed by atoms with Gasteiger partial charge in [0.2, 0.25) is 0 Å². The number of alkyl halides is 2. The number of nitriles is 1. The number of Topliss-reactive ketones (excluding diaryl/α,β-unsaturated/α-hetero) is 1. The van der Waals surface area contributed by atoms with E-state index in [2.05, 4.69) is 21.3 Å². The number of carbonyl (C=O) groups is 3. The van der Waals surface area contributed by atoms with Gasteiger partial charge in [0.1, 0.15) is 5.69 Å². The van der Waals surface area contributed by atoms with Crippen LogP contribution in [0.15, 0.2) is 66.4 Å². The quantitative estimate of drug-likeness (QED) is 0.530. The number of allylic oxidation sites excluding steroid dienone is 4. The Hall–Kier alpha value is -4.23. The van der Waals surface area contributed by atoms with Gasteiger partial charge in [0.05, 0.1) is 17.2 Å². The summed E-state index contributed by atoms with van der Waals surface area (Å²) in [4.78, 5) is 46.8. The number of carbonyl (C=O) groups excluding carboxylic acids is 3. The summed E-state index contributed by atoms with van der Waals surface area (Å²) in [6, 6.07) is 12.9. The number of hydrogen-bond acceptors (Lipinski definition) is 6. The summed E-state index contributed by atoms with van der Waals surface area (Å²) >= 11 is 0. The van der Waals surface area contributed by atoms with E-state index in [4.69, 9.17) is 5.26 Å². The Balaban J connectivity index is 1.06. The molecule has 1 aliphatic carbocycles. The lowest BCUT2D eigenvalue weighted by atomic mass is 9.86. The molecule has 3 aliphatic rings. The summed E-state index contributed by atoms with van der Waals surface area (Å²) in [7, 11) is 0. The zero-order chi connectivity index (χ0) is 29.7. The molecular weight excluding hydrogens is 540 g/mol. The van der Waals surface area contributed by atoms with Crippen LogP contribution in [0.1, 0.15) is 64.1 Å². The van der Waals surface area contributed by atoms with E-state index in [1.54, 1.807) is 17.0 Å². The van der Waals surface area contributed by atoms with Gasteiger partial charge in [-0.3, -0.25) is 24.3 Å². The Morgan fingerprint density at radius 3 is 2.31 bits per heavy atom. The van der Waals surface area contributed by atoms with Crippen molar-refractivity contribution in [2.45, 2.75) is 50.6 Å². The summed E-state index contributed by atoms with van der Waals surface area (Å²) in [5.74, 6) is -3.85. The minimum absolute atomic E-state index is 0.0400. The number of rotatable bonds is 7. The summed E-state index contributed by atoms with van der Waals surface area (Å²) < 4.78 is 26.7. The highest BCUT2D eigenvalue weighted by molar-refractivity contribution is 6.00. The Morgan fingerprint density at radius 1 is 1.00 bits per heavy atom. The van der Waals surface area contributed by atoms with Crippen molar-refractivity contribution in [2.75, 3.05) is 26.2 Å². The predicted molar refractivity (Wildman–Crippen MR) is 152 cm³/mol. The molecule has 1 aromatic heterocycles. The number of hydrogen-bond donors (Lipinski definition) is 1. The molecule has 2 aromatic rings. The van der Waals surface area contributed by atoms with Gasteiger partial charge in [-0.1, -0.05) is 18.2 Å². The van der Waals surface area contributed by atoms with E-state index in [9.17, 15) is 23.2 Å². The fraction of sp³-hybridized carbons (Fsp3) is 0.406. The van der Waals surface area contributed by atoms with Crippen LogP contribution in [0.3, 0.4) is 0 Å². The van der Waals surface area contributed by atoms with Crippen LogP contribution >= 0.6 is 0 Å². The molecule has 0 saturated carbocycles. The second-order valence-electron chi connectivity index (χ2n) is 11.2. The maximum Gasteiger partial charge on any atom is 0.270 e. The number of aromatic nitrogens is 1. The van der Waals surface area contributed by atoms with Crippen LogP contribution in [0.25, 0.3) is 0 Å². The average Bonchev–Trinajstić information content (AvgIpc) is 3.02. The lowest BCUT2D eigenvalue weighted by Gasteiger charge is -2.32. The highest BCUT2D eigenvalue weighted by atomic mass is 19.3. The molecule has 0 bridgehead atoms. The van der Waals surface area contributed by atoms with Crippen molar-refractivity contribution in [3.63, 3.8) is 0 Å². The van der Waals surface area contributed by atoms with Gasteiger partial charge in [-0.15, -0.1) is 0 Å². The first-order valence-corrected chi connectivity index (χ1v) is 14.3. The number of piperidine rings is 2. The van der Waals surface area contributed by atoms with Gasteiger partial charge < -0.3 is 10.2 Å². The number of benzene rings is 1. The number of pyridine rings is 1. The minimum atomic E-state index is -2.91. The van der Waals surface area contributed by atoms with Gasteiger partial charge in [0.15, 0.2) is 5.78 Å². The van der Waals surface area contributed by atoms with Crippen molar-refractivity contribution in [3.8, 4) is 6.07 Å². The van der Waals surface area contributed by atoms with Crippen LogP contribution in [0, 0.1) is 17.2 Å². The lowest BCUT2D eigenvalue weighted by Crippen LogP contribution is -2.44. The molecule has 0 radical (unpaired) electrons. The van der Waals surface area contributed by atoms with Crippen LogP contribution < -0.4 is 5.32 Å². The molecule has 10 heteroatoms. The van der Waals surface area contributed by atoms with Crippen molar-refractivity contribution >= 4 is 17.6 Å². The van der Waals surface area contributed by atoms with E-state index in [1.165, 1.54) is 18.3 Å². The summed E-state index contributed by atoms with van der Waals surface area (Å²) in [6.07, 6.45) is 6.78. The Bertz CT molecular complexity index is 1410. The predicted octanol–water partition coefficient (Wildman–Crippen LogP) is 4.29. The molecule has 1 aromatic carbocycles. The number of nitrogens with zero attached hydrogens (tertiary/aromatic N) is 4. The third-order valence-electron chi connectivity index (χ3n) is 8.19. The fourth-order valence-electron chi connectivity index (χ4n) is 5.63. The summed E-state index contributed by atoms with van der Waals surface area (Å²) in [5.41, 5.74) is 2.72. The van der Waals surface area contributed by atoms with Crippen molar-refractivity contribution in [1.82, 2.24) is 20.1 Å². The Labute approximate surface area is 243 Å². The zero-order valence-corrected chi connectivity index (χ0v) is 23.3. The molecule has 0 spiro atoms. The van der Waals surface area contributed by atoms with E-state index < -0.39 is 12.3 Å². The Morgan fingerprint density at radius 2 is 1.71 bits per heavy atom. The number of amides is 2. The summed E-state index contributed by atoms with van der Waals surface area (Å²) in [5, 5.41) is 12.0. The highest BCUT2D eigenvalue weighted by Crippen LogP contribution is 2.30. The van der Waals surface area contributed by atoms with Crippen LogP contribution in [-0.2, 0) is 11.3 Å². The molecule has 42 heavy (non-hydrogen) atoms. The minimum Gasteiger partial charge on any atom is -0.348 e. The van der Waals surface area contributed by atoms with E-state index in [-0.39, 0.29) is 35.3 Å². The SMILES string of the molecule is N#Cc1ccc(CN2CCC(NC(=O)c3ccc(C(=O)N4CCC(C(=O)C5=CCC(F)(F)C=C5)CC4)cn3)CC2)cc1. The van der Waals surface area contributed by atoms with Gasteiger partial charge in [0.25, 0.3) is 17.7 Å². The number of nitrogens with one attached hydrogen (secondary N) is 1. The highest BCUT2D eigenvalue weighted by Gasteiger charge is 2.32. The third kappa shape index (κ3) is 7.15. The molecule has 2 aliphatic heterocycles. The second kappa shape index (κ2) is 12.7. The van der Waals surface area contributed by atoms with Crippen molar-refractivity contribution < 1.29 is 23.2 Å². The Kier molecular flexibility index (Phi) is 8.88. The van der Waals surface area contributed by atoms with Crippen LogP contribution in [0.4, 0.5) is 8.78 Å². The molecule has 2 saturated heterocycles. The molecule has 5 rings (SSSR count). The van der Waals surface area contributed by atoms with Crippen molar-refractivity contribution in [1.29, 1.82) is 5.26 Å². The fourth-order valence-corrected chi connectivity index (χ4v) is 5.63. The standard InChI is InChI=1S/C32H33F2N5O3/c33-32(34)13-7-24(8-14-32)29(40)25-9-17-39(18-10-25)31(42)26-5-6-28(36-20-26)30(41)37-27-11-15-38(16-12-27)21-23-3-1-22(19-35)2-4-23/h1-8,13,20,25,27H,9-12,14-18,21H2,(H,37,41). The van der Waals surface area contributed by atoms with E-state index in [0.717, 1.165) is 44.1 Å². The molecule has 8 nitrogen and oxygen atoms in total. The molecular formula is C32H33F2N5O3. The van der Waals surface area contributed by atoms with Gasteiger partial charge in [-0.25, -0.2) is 8.78 Å². The van der Waals surface area contributed by atoms with E-state index in [0.29, 0.717) is 42.6 Å². The number of ketones is 1. The van der Waals surface area contributed by atoms with Gasteiger partial charge in [-0.05, 0) is 67.7 Å². The number of likely N-dealkylation sites (tertiary alicyclic amines) is 2.